The van der Waals surface area contributed by atoms with Crippen molar-refractivity contribution < 1.29 is 19.0 Å². The number of piperidine rings is 1. The first-order chi connectivity index (χ1) is 14.2. The minimum atomic E-state index is -0.00392. The van der Waals surface area contributed by atoms with Gasteiger partial charge < -0.3 is 14.2 Å². The Morgan fingerprint density at radius 2 is 1.77 bits per heavy atom. The number of likely N-dealkylation sites (tertiary alicyclic amines) is 1. The van der Waals surface area contributed by atoms with Crippen molar-refractivity contribution in [3.8, 4) is 17.2 Å². The van der Waals surface area contributed by atoms with Crippen molar-refractivity contribution in [2.75, 3.05) is 40.0 Å². The molecule has 0 aliphatic carbocycles. The molecule has 2 aliphatic heterocycles. The predicted octanol–water partition coefficient (Wildman–Crippen LogP) is 4.64. The fourth-order valence-corrected chi connectivity index (χ4v) is 3.77. The van der Waals surface area contributed by atoms with E-state index in [1.807, 2.05) is 30.3 Å². The number of ketones is 1. The van der Waals surface area contributed by atoms with E-state index < -0.39 is 0 Å². The maximum absolute atomic E-state index is 12.8. The van der Waals surface area contributed by atoms with Gasteiger partial charge in [0.05, 0.1) is 12.7 Å². The molecule has 0 spiro atoms. The number of halogens is 1. The van der Waals surface area contributed by atoms with Crippen molar-refractivity contribution in [2.45, 2.75) is 19.3 Å². The Labute approximate surface area is 184 Å². The van der Waals surface area contributed by atoms with Gasteiger partial charge >= 0.3 is 0 Å². The SMILES string of the molecule is COc1ccc2c(c1)OC/C(=C\c1ccc(OCCN3CCCCC3)cc1)C2=O.Cl. The standard InChI is InChI=1S/C24H27NO4.ClH/c1-27-21-9-10-22-23(16-21)29-17-19(24(22)26)15-18-5-7-20(8-6-18)28-14-13-25-11-3-2-4-12-25;/h5-10,15-16H,2-4,11-14,17H2,1H3;1H/b19-15+;. The van der Waals surface area contributed by atoms with Crippen molar-refractivity contribution in [3.05, 3.63) is 59.2 Å². The van der Waals surface area contributed by atoms with Crippen LogP contribution in [0, 0.1) is 0 Å². The zero-order valence-corrected chi connectivity index (χ0v) is 18.1. The molecule has 0 atom stereocenters. The molecule has 1 fully saturated rings. The van der Waals surface area contributed by atoms with Crippen molar-refractivity contribution in [3.63, 3.8) is 0 Å². The van der Waals surface area contributed by atoms with Gasteiger partial charge in [0, 0.05) is 18.2 Å². The smallest absolute Gasteiger partial charge is 0.196 e. The van der Waals surface area contributed by atoms with Crippen LogP contribution in [-0.2, 0) is 0 Å². The molecular weight excluding hydrogens is 402 g/mol. The quantitative estimate of drug-likeness (QED) is 0.626. The van der Waals surface area contributed by atoms with Gasteiger partial charge in [-0.2, -0.15) is 0 Å². The average molecular weight is 430 g/mol. The summed E-state index contributed by atoms with van der Waals surface area (Å²) in [4.78, 5) is 15.2. The fraction of sp³-hybridized carbons (Fsp3) is 0.375. The molecule has 5 nitrogen and oxygen atoms in total. The van der Waals surface area contributed by atoms with Crippen LogP contribution in [0.5, 0.6) is 17.2 Å². The highest BCUT2D eigenvalue weighted by Gasteiger charge is 2.23. The van der Waals surface area contributed by atoms with Gasteiger partial charge in [0.25, 0.3) is 0 Å². The summed E-state index contributed by atoms with van der Waals surface area (Å²) in [6.07, 6.45) is 5.82. The molecule has 2 aromatic rings. The first kappa shape index (κ1) is 22.2. The maximum Gasteiger partial charge on any atom is 0.196 e. The number of methoxy groups -OCH3 is 1. The molecule has 0 amide bonds. The van der Waals surface area contributed by atoms with E-state index in [0.717, 1.165) is 17.9 Å². The molecule has 160 valence electrons. The summed E-state index contributed by atoms with van der Waals surface area (Å²) in [5.74, 6) is 2.10. The number of carbonyl (C=O) groups excluding carboxylic acids is 1. The second kappa shape index (κ2) is 10.5. The molecule has 4 rings (SSSR count). The number of Topliss-reactive ketones (excluding diaryl/α,β-unsaturated/α-hetero) is 1. The molecule has 0 aromatic heterocycles. The molecule has 2 aromatic carbocycles. The van der Waals surface area contributed by atoms with E-state index in [-0.39, 0.29) is 24.8 Å². The number of carbonyl (C=O) groups is 1. The second-order valence-electron chi connectivity index (χ2n) is 7.47. The van der Waals surface area contributed by atoms with E-state index in [0.29, 0.717) is 29.2 Å². The minimum absolute atomic E-state index is 0. The molecule has 1 saturated heterocycles. The van der Waals surface area contributed by atoms with Crippen LogP contribution in [-0.4, -0.2) is 50.6 Å². The van der Waals surface area contributed by atoms with Crippen molar-refractivity contribution >= 4 is 24.3 Å². The van der Waals surface area contributed by atoms with Crippen molar-refractivity contribution in [1.29, 1.82) is 0 Å². The van der Waals surface area contributed by atoms with Gasteiger partial charge in [-0.05, 0) is 61.8 Å². The van der Waals surface area contributed by atoms with Crippen LogP contribution in [0.15, 0.2) is 48.0 Å². The molecule has 0 N–H and O–H groups in total. The Hall–Kier alpha value is -2.50. The lowest BCUT2D eigenvalue weighted by atomic mass is 9.98. The Morgan fingerprint density at radius 1 is 1.03 bits per heavy atom. The Morgan fingerprint density at radius 3 is 2.50 bits per heavy atom. The third-order valence-electron chi connectivity index (χ3n) is 5.45. The number of benzene rings is 2. The molecule has 2 aliphatic rings. The number of nitrogens with zero attached hydrogens (tertiary/aromatic N) is 1. The van der Waals surface area contributed by atoms with Crippen LogP contribution in [0.3, 0.4) is 0 Å². The summed E-state index contributed by atoms with van der Waals surface area (Å²) in [5.41, 5.74) is 2.17. The third kappa shape index (κ3) is 5.35. The fourth-order valence-electron chi connectivity index (χ4n) is 3.77. The summed E-state index contributed by atoms with van der Waals surface area (Å²) in [7, 11) is 1.60. The van der Waals surface area contributed by atoms with Crippen LogP contribution in [0.25, 0.3) is 6.08 Å². The highest BCUT2D eigenvalue weighted by Crippen LogP contribution is 2.31. The number of hydrogen-bond acceptors (Lipinski definition) is 5. The summed E-state index contributed by atoms with van der Waals surface area (Å²) in [5, 5.41) is 0. The monoisotopic (exact) mass is 429 g/mol. The molecule has 0 radical (unpaired) electrons. The molecule has 0 unspecified atom stereocenters. The van der Waals surface area contributed by atoms with Gasteiger partial charge in [-0.25, -0.2) is 0 Å². The van der Waals surface area contributed by atoms with Gasteiger partial charge in [0.2, 0.25) is 0 Å². The van der Waals surface area contributed by atoms with E-state index in [9.17, 15) is 4.79 Å². The molecule has 30 heavy (non-hydrogen) atoms. The van der Waals surface area contributed by atoms with Crippen LogP contribution in [0.2, 0.25) is 0 Å². The number of hydrogen-bond donors (Lipinski definition) is 0. The summed E-state index contributed by atoms with van der Waals surface area (Å²) < 4.78 is 16.8. The second-order valence-corrected chi connectivity index (χ2v) is 7.47. The van der Waals surface area contributed by atoms with Crippen LogP contribution in [0.4, 0.5) is 0 Å². The molecule has 0 saturated carbocycles. The van der Waals surface area contributed by atoms with E-state index in [1.165, 1.54) is 32.4 Å². The topological polar surface area (TPSA) is 48.0 Å². The predicted molar refractivity (Wildman–Crippen MR) is 120 cm³/mol. The zero-order chi connectivity index (χ0) is 20.1. The van der Waals surface area contributed by atoms with Gasteiger partial charge in [0.1, 0.15) is 30.5 Å². The summed E-state index contributed by atoms with van der Waals surface area (Å²) >= 11 is 0. The Bertz CT molecular complexity index is 889. The van der Waals surface area contributed by atoms with Crippen molar-refractivity contribution in [2.24, 2.45) is 0 Å². The lowest BCUT2D eigenvalue weighted by Crippen LogP contribution is -2.33. The van der Waals surface area contributed by atoms with Crippen molar-refractivity contribution in [1.82, 2.24) is 4.90 Å². The van der Waals surface area contributed by atoms with Crippen LogP contribution >= 0.6 is 12.4 Å². The molecule has 0 bridgehead atoms. The minimum Gasteiger partial charge on any atom is -0.497 e. The Kier molecular flexibility index (Phi) is 7.77. The lowest BCUT2D eigenvalue weighted by molar-refractivity contribution is 0.100. The van der Waals surface area contributed by atoms with Gasteiger partial charge in [-0.1, -0.05) is 18.6 Å². The summed E-state index contributed by atoms with van der Waals surface area (Å²) in [6.45, 7) is 4.30. The molecular formula is C24H28ClNO4. The highest BCUT2D eigenvalue weighted by molar-refractivity contribution is 6.14. The normalized spacial score (nSPS) is 17.6. The lowest BCUT2D eigenvalue weighted by Gasteiger charge is -2.26. The first-order valence-corrected chi connectivity index (χ1v) is 10.2. The van der Waals surface area contributed by atoms with Gasteiger partial charge in [-0.3, -0.25) is 9.69 Å². The molecule has 2 heterocycles. The third-order valence-corrected chi connectivity index (χ3v) is 5.45. The number of ether oxygens (including phenoxy) is 3. The van der Waals surface area contributed by atoms with E-state index in [2.05, 4.69) is 4.90 Å². The van der Waals surface area contributed by atoms with Gasteiger partial charge in [-0.15, -0.1) is 12.4 Å². The highest BCUT2D eigenvalue weighted by atomic mass is 35.5. The number of rotatable bonds is 6. The van der Waals surface area contributed by atoms with Crippen LogP contribution < -0.4 is 14.2 Å². The van der Waals surface area contributed by atoms with Crippen LogP contribution in [0.1, 0.15) is 35.2 Å². The average Bonchev–Trinajstić information content (AvgIpc) is 2.77. The first-order valence-electron chi connectivity index (χ1n) is 10.2. The van der Waals surface area contributed by atoms with E-state index in [4.69, 9.17) is 14.2 Å². The number of fused-ring (bicyclic) bond motifs is 1. The van der Waals surface area contributed by atoms with Gasteiger partial charge in [0.15, 0.2) is 5.78 Å². The van der Waals surface area contributed by atoms with E-state index in [1.54, 1.807) is 25.3 Å². The Balaban J connectivity index is 0.00000256. The zero-order valence-electron chi connectivity index (χ0n) is 17.3. The summed E-state index contributed by atoms with van der Waals surface area (Å²) in [6, 6.07) is 13.1. The maximum atomic E-state index is 12.8. The molecule has 6 heteroatoms. The van der Waals surface area contributed by atoms with E-state index >= 15 is 0 Å². The largest absolute Gasteiger partial charge is 0.497 e.